The van der Waals surface area contributed by atoms with Crippen LogP contribution >= 0.6 is 11.8 Å². The minimum absolute atomic E-state index is 0.0515. The van der Waals surface area contributed by atoms with Gasteiger partial charge in [0.2, 0.25) is 5.91 Å². The summed E-state index contributed by atoms with van der Waals surface area (Å²) in [6.07, 6.45) is 0.940. The molecule has 11 heteroatoms. The average molecular weight is 572 g/mol. The van der Waals surface area contributed by atoms with Crippen LogP contribution in [-0.4, -0.2) is 72.8 Å². The maximum absolute atomic E-state index is 13.5. The van der Waals surface area contributed by atoms with E-state index in [1.165, 1.54) is 11.8 Å². The lowest BCUT2D eigenvalue weighted by atomic mass is 9.92. The van der Waals surface area contributed by atoms with Crippen LogP contribution in [0.25, 0.3) is 0 Å². The molecule has 3 aliphatic rings. The van der Waals surface area contributed by atoms with Crippen LogP contribution in [0.4, 0.5) is 0 Å². The molecular weight excluding hydrogens is 534 g/mol. The van der Waals surface area contributed by atoms with Crippen LogP contribution in [0.15, 0.2) is 45.6 Å². The highest BCUT2D eigenvalue weighted by molar-refractivity contribution is 8.16. The molecule has 1 saturated heterocycles. The molecule has 0 N–H and O–H groups in total. The number of ether oxygens (including phenoxy) is 4. The van der Waals surface area contributed by atoms with Crippen molar-refractivity contribution in [3.63, 3.8) is 0 Å². The normalized spacial score (nSPS) is 19.2. The number of hydrogen-bond donors (Lipinski definition) is 0. The summed E-state index contributed by atoms with van der Waals surface area (Å²) in [5.41, 5.74) is 2.33. The Morgan fingerprint density at radius 3 is 2.48 bits per heavy atom. The van der Waals surface area contributed by atoms with E-state index in [2.05, 4.69) is 0 Å². The first-order chi connectivity index (χ1) is 19.2. The van der Waals surface area contributed by atoms with Crippen molar-refractivity contribution in [1.82, 2.24) is 9.80 Å². The quantitative estimate of drug-likeness (QED) is 0.398. The van der Waals surface area contributed by atoms with E-state index in [-0.39, 0.29) is 30.3 Å². The van der Waals surface area contributed by atoms with Crippen LogP contribution < -0.4 is 9.47 Å². The van der Waals surface area contributed by atoms with Crippen LogP contribution in [0.5, 0.6) is 11.5 Å². The molecular formula is C29H37N3O7S. The number of rotatable bonds is 9. The predicted octanol–water partition coefficient (Wildman–Crippen LogP) is 4.42. The number of allylic oxidation sites excluding steroid dienone is 1. The maximum Gasteiger partial charge on any atom is 0.338 e. The smallest absolute Gasteiger partial charge is 0.338 e. The van der Waals surface area contributed by atoms with Gasteiger partial charge in [0, 0.05) is 24.4 Å². The summed E-state index contributed by atoms with van der Waals surface area (Å²) in [7, 11) is 3.15. The Balaban J connectivity index is 1.64. The molecule has 1 amide bonds. The summed E-state index contributed by atoms with van der Waals surface area (Å²) >= 11 is 1.41. The van der Waals surface area contributed by atoms with Gasteiger partial charge in [-0.05, 0) is 64.1 Å². The third-order valence-electron chi connectivity index (χ3n) is 7.09. The van der Waals surface area contributed by atoms with Gasteiger partial charge < -0.3 is 28.7 Å². The van der Waals surface area contributed by atoms with Gasteiger partial charge in [0.1, 0.15) is 11.5 Å². The number of fused-ring (bicyclic) bond motifs is 1. The van der Waals surface area contributed by atoms with Crippen molar-refractivity contribution in [3.05, 3.63) is 46.1 Å². The number of piperidine rings is 1. The first-order valence-corrected chi connectivity index (χ1v) is 14.4. The minimum atomic E-state index is -0.646. The van der Waals surface area contributed by atoms with Gasteiger partial charge >= 0.3 is 11.9 Å². The first kappa shape index (κ1) is 29.5. The number of aliphatic imine (C=N–C) groups is 1. The number of methoxy groups -OCH3 is 2. The van der Waals surface area contributed by atoms with E-state index < -0.39 is 12.0 Å². The zero-order valence-electron chi connectivity index (χ0n) is 23.9. The molecule has 0 bridgehead atoms. The van der Waals surface area contributed by atoms with Gasteiger partial charge in [-0.1, -0.05) is 11.8 Å². The molecule has 0 saturated carbocycles. The largest absolute Gasteiger partial charge is 0.497 e. The summed E-state index contributed by atoms with van der Waals surface area (Å²) in [5.74, 6) is 0.263. The summed E-state index contributed by atoms with van der Waals surface area (Å²) in [5, 5.41) is 2.57. The van der Waals surface area contributed by atoms with Gasteiger partial charge in [0.25, 0.3) is 0 Å². The zero-order chi connectivity index (χ0) is 29.0. The Hall–Kier alpha value is -3.47. The van der Waals surface area contributed by atoms with E-state index in [1.54, 1.807) is 58.9 Å². The number of hydrogen-bond acceptors (Lipinski definition) is 10. The van der Waals surface area contributed by atoms with Crippen molar-refractivity contribution in [1.29, 1.82) is 0 Å². The highest BCUT2D eigenvalue weighted by atomic mass is 32.2. The number of nitrogens with zero attached hydrogens (tertiary/aromatic N) is 3. The Bertz CT molecular complexity index is 1250. The van der Waals surface area contributed by atoms with E-state index in [0.717, 1.165) is 5.70 Å². The van der Waals surface area contributed by atoms with E-state index in [9.17, 15) is 14.4 Å². The molecule has 1 aromatic rings. The number of carbonyl (C=O) groups is 3. The second kappa shape index (κ2) is 12.8. The Kier molecular flexibility index (Phi) is 9.44. The highest BCUT2D eigenvalue weighted by Gasteiger charge is 2.43. The summed E-state index contributed by atoms with van der Waals surface area (Å²) < 4.78 is 22.0. The van der Waals surface area contributed by atoms with Crippen LogP contribution in [0.1, 0.15) is 58.6 Å². The van der Waals surface area contributed by atoms with Gasteiger partial charge in [0.15, 0.2) is 5.17 Å². The molecule has 1 atom stereocenters. The van der Waals surface area contributed by atoms with Crippen LogP contribution in [-0.2, 0) is 23.9 Å². The number of carbonyl (C=O) groups excluding carboxylic acids is 3. The molecule has 3 heterocycles. The number of thioether (sulfide) groups is 1. The molecule has 0 aromatic heterocycles. The molecule has 216 valence electrons. The van der Waals surface area contributed by atoms with Crippen LogP contribution in [0, 0.1) is 5.92 Å². The standard InChI is InChI=1S/C29H37N3O7S/c1-7-38-27(34)19-10-12-31(13-11-19)24(33)14-20-16-40-29-30-18(4)25(28(35)39-17(2)3)26(32(20)29)22-15-21(36-5)8-9-23(22)37-6/h8-9,15-17,19,26H,7,10-14H2,1-6H3. The van der Waals surface area contributed by atoms with E-state index in [0.29, 0.717) is 66.0 Å². The Morgan fingerprint density at radius 1 is 1.12 bits per heavy atom. The van der Waals surface area contributed by atoms with Crippen LogP contribution in [0.3, 0.4) is 0 Å². The fourth-order valence-corrected chi connectivity index (χ4v) is 6.11. The number of benzene rings is 1. The van der Waals surface area contributed by atoms with Gasteiger partial charge in [-0.2, -0.15) is 0 Å². The molecule has 1 unspecified atom stereocenters. The SMILES string of the molecule is CCOC(=O)C1CCN(C(=O)CC2=CSC3=NC(C)=C(C(=O)OC(C)C)C(c4cc(OC)ccc4OC)N23)CC1. The first-order valence-electron chi connectivity index (χ1n) is 13.5. The summed E-state index contributed by atoms with van der Waals surface area (Å²) in [4.78, 5) is 47.5. The molecule has 1 aromatic carbocycles. The third-order valence-corrected chi connectivity index (χ3v) is 7.98. The van der Waals surface area contributed by atoms with Crippen molar-refractivity contribution in [2.75, 3.05) is 33.9 Å². The fraction of sp³-hybridized carbons (Fsp3) is 0.517. The predicted molar refractivity (Wildman–Crippen MR) is 152 cm³/mol. The van der Waals surface area contributed by atoms with Crippen molar-refractivity contribution < 1.29 is 33.3 Å². The van der Waals surface area contributed by atoms with Crippen LogP contribution in [0.2, 0.25) is 0 Å². The third kappa shape index (κ3) is 6.14. The highest BCUT2D eigenvalue weighted by Crippen LogP contribution is 2.48. The van der Waals surface area contributed by atoms with Crippen molar-refractivity contribution in [3.8, 4) is 11.5 Å². The van der Waals surface area contributed by atoms with Gasteiger partial charge in [-0.3, -0.25) is 9.59 Å². The zero-order valence-corrected chi connectivity index (χ0v) is 24.7. The molecule has 0 radical (unpaired) electrons. The molecule has 4 rings (SSSR count). The molecule has 10 nitrogen and oxygen atoms in total. The Labute approximate surface area is 239 Å². The summed E-state index contributed by atoms with van der Waals surface area (Å²) in [6, 6.07) is 4.78. The van der Waals surface area contributed by atoms with Gasteiger partial charge in [-0.15, -0.1) is 0 Å². The minimum Gasteiger partial charge on any atom is -0.497 e. The molecule has 1 fully saturated rings. The number of esters is 2. The lowest BCUT2D eigenvalue weighted by molar-refractivity contribution is -0.151. The van der Waals surface area contributed by atoms with Crippen molar-refractivity contribution in [2.45, 2.75) is 59.1 Å². The molecule has 0 aliphatic carbocycles. The van der Waals surface area contributed by atoms with E-state index >= 15 is 0 Å². The van der Waals surface area contributed by atoms with Gasteiger partial charge in [0.05, 0.1) is 56.6 Å². The number of likely N-dealkylation sites (tertiary alicyclic amines) is 1. The lowest BCUT2D eigenvalue weighted by Gasteiger charge is -2.38. The van der Waals surface area contributed by atoms with Gasteiger partial charge in [-0.25, -0.2) is 9.79 Å². The lowest BCUT2D eigenvalue weighted by Crippen LogP contribution is -2.42. The summed E-state index contributed by atoms with van der Waals surface area (Å²) in [6.45, 7) is 8.51. The molecule has 40 heavy (non-hydrogen) atoms. The molecule has 0 spiro atoms. The van der Waals surface area contributed by atoms with Crippen molar-refractivity contribution in [2.24, 2.45) is 10.9 Å². The maximum atomic E-state index is 13.5. The average Bonchev–Trinajstić information content (AvgIpc) is 3.33. The van der Waals surface area contributed by atoms with E-state index in [1.807, 2.05) is 16.4 Å². The second-order valence-corrected chi connectivity index (χ2v) is 10.9. The molecule has 3 aliphatic heterocycles. The number of amides is 1. The monoisotopic (exact) mass is 571 g/mol. The topological polar surface area (TPSA) is 107 Å². The van der Waals surface area contributed by atoms with E-state index in [4.69, 9.17) is 23.9 Å². The van der Waals surface area contributed by atoms with Crippen molar-refractivity contribution >= 4 is 34.8 Å². The second-order valence-electron chi connectivity index (χ2n) is 10.0. The fourth-order valence-electron chi connectivity index (χ4n) is 5.15. The Morgan fingerprint density at radius 2 is 1.85 bits per heavy atom. The number of amidine groups is 1.